The Kier molecular flexibility index (Phi) is 8.91. The van der Waals surface area contributed by atoms with Crippen LogP contribution in [0, 0.1) is 5.41 Å². The number of ether oxygens (including phenoxy) is 1. The van der Waals surface area contributed by atoms with Crippen LogP contribution in [0.5, 0.6) is 5.75 Å². The molecule has 2 fully saturated rings. The van der Waals surface area contributed by atoms with Gasteiger partial charge in [0.15, 0.2) is 5.69 Å². The van der Waals surface area contributed by atoms with Gasteiger partial charge >= 0.3 is 12.8 Å². The Balaban J connectivity index is 1.60. The Hall–Kier alpha value is -2.49. The fraction of sp³-hybridized carbons (Fsp3) is 0.615. The van der Waals surface area contributed by atoms with Crippen LogP contribution in [0.15, 0.2) is 18.2 Å². The summed E-state index contributed by atoms with van der Waals surface area (Å²) < 4.78 is 96.9. The lowest BCUT2D eigenvalue weighted by Crippen LogP contribution is -2.47. The molecule has 2 aromatic rings. The van der Waals surface area contributed by atoms with Gasteiger partial charge in [-0.15, -0.1) is 0 Å². The van der Waals surface area contributed by atoms with E-state index in [1.807, 2.05) is 0 Å². The molecule has 1 amide bonds. The summed E-state index contributed by atoms with van der Waals surface area (Å²) in [6.45, 7) is -1.86. The molecule has 0 bridgehead atoms. The predicted octanol–water partition coefficient (Wildman–Crippen LogP) is 4.65. The van der Waals surface area contributed by atoms with Crippen molar-refractivity contribution in [2.24, 2.45) is 5.41 Å². The SMILES string of the molecule is CCn1nc(C(=O)NCC2(O)CCC(S(C)(=O)=O)CC2)c(Cl)c1-c1ccc([C@H](O)C2(C(F)(F)F)CC2)cc1OC(F)F. The van der Waals surface area contributed by atoms with E-state index in [4.69, 9.17) is 11.6 Å². The van der Waals surface area contributed by atoms with Gasteiger partial charge in [0.2, 0.25) is 0 Å². The zero-order chi connectivity index (χ0) is 31.3. The summed E-state index contributed by atoms with van der Waals surface area (Å²) in [6.07, 6.45) is -5.50. The molecule has 2 saturated carbocycles. The van der Waals surface area contributed by atoms with Gasteiger partial charge in [-0.2, -0.15) is 27.1 Å². The van der Waals surface area contributed by atoms with Gasteiger partial charge in [0.05, 0.1) is 33.1 Å². The van der Waals surface area contributed by atoms with Gasteiger partial charge < -0.3 is 20.3 Å². The third-order valence-electron chi connectivity index (χ3n) is 8.13. The average molecular weight is 644 g/mol. The lowest BCUT2D eigenvalue weighted by atomic mass is 9.84. The monoisotopic (exact) mass is 643 g/mol. The normalized spacial score (nSPS) is 23.1. The van der Waals surface area contributed by atoms with Crippen LogP contribution in [-0.2, 0) is 16.4 Å². The summed E-state index contributed by atoms with van der Waals surface area (Å²) in [6, 6.07) is 3.21. The van der Waals surface area contributed by atoms with E-state index >= 15 is 0 Å². The minimum Gasteiger partial charge on any atom is -0.434 e. The Bertz CT molecular complexity index is 1440. The lowest BCUT2D eigenvalue weighted by molar-refractivity contribution is -0.215. The molecular weight excluding hydrogens is 613 g/mol. The van der Waals surface area contributed by atoms with E-state index in [-0.39, 0.29) is 79.2 Å². The first-order valence-corrected chi connectivity index (χ1v) is 15.6. The molecule has 0 unspecified atom stereocenters. The van der Waals surface area contributed by atoms with Crippen molar-refractivity contribution in [2.75, 3.05) is 12.8 Å². The number of aryl methyl sites for hydroxylation is 1. The summed E-state index contributed by atoms with van der Waals surface area (Å²) >= 11 is 6.50. The molecule has 0 spiro atoms. The van der Waals surface area contributed by atoms with Gasteiger partial charge in [-0.1, -0.05) is 17.7 Å². The molecule has 9 nitrogen and oxygen atoms in total. The molecule has 2 aliphatic rings. The van der Waals surface area contributed by atoms with Gasteiger partial charge in [-0.25, -0.2) is 8.42 Å². The number of halogens is 6. The zero-order valence-electron chi connectivity index (χ0n) is 22.7. The average Bonchev–Trinajstić information content (AvgIpc) is 3.65. The first kappa shape index (κ1) is 32.4. The number of alkyl halides is 5. The molecule has 1 heterocycles. The van der Waals surface area contributed by atoms with E-state index < -0.39 is 56.7 Å². The predicted molar refractivity (Wildman–Crippen MR) is 142 cm³/mol. The van der Waals surface area contributed by atoms with Crippen LogP contribution in [0.2, 0.25) is 5.02 Å². The third-order valence-corrected chi connectivity index (χ3v) is 10.2. The first-order valence-electron chi connectivity index (χ1n) is 13.2. The standard InChI is InChI=1S/C26H31ClF5N3O6S/c1-3-35-20(16-5-4-14(12-17(16)41-23(28)29)21(36)25(10-11-25)26(30,31)32)18(27)19(34-35)22(37)33-13-24(38)8-6-15(7-9-24)42(2,39)40/h4-5,12,15,21,23,36,38H,3,6-11,13H2,1-2H3,(H,33,37)/t15?,21-,24?/m0/s1. The molecule has 16 heteroatoms. The highest BCUT2D eigenvalue weighted by Gasteiger charge is 2.67. The minimum atomic E-state index is -4.71. The van der Waals surface area contributed by atoms with Crippen LogP contribution < -0.4 is 10.1 Å². The number of nitrogens with zero attached hydrogens (tertiary/aromatic N) is 2. The topological polar surface area (TPSA) is 131 Å². The van der Waals surface area contributed by atoms with E-state index in [1.54, 1.807) is 6.92 Å². The van der Waals surface area contributed by atoms with Crippen molar-refractivity contribution in [3.05, 3.63) is 34.5 Å². The lowest BCUT2D eigenvalue weighted by Gasteiger charge is -2.35. The molecule has 1 aromatic heterocycles. The number of sulfone groups is 1. The van der Waals surface area contributed by atoms with Crippen molar-refractivity contribution in [3.63, 3.8) is 0 Å². The van der Waals surface area contributed by atoms with Crippen LogP contribution in [0.3, 0.4) is 0 Å². The molecule has 3 N–H and O–H groups in total. The van der Waals surface area contributed by atoms with Crippen LogP contribution in [0.25, 0.3) is 11.3 Å². The van der Waals surface area contributed by atoms with E-state index in [2.05, 4.69) is 15.2 Å². The largest absolute Gasteiger partial charge is 0.434 e. The van der Waals surface area contributed by atoms with Crippen molar-refractivity contribution >= 4 is 27.3 Å². The van der Waals surface area contributed by atoms with Crippen LogP contribution in [0.4, 0.5) is 22.0 Å². The van der Waals surface area contributed by atoms with Crippen LogP contribution in [0.1, 0.15) is 67.6 Å². The molecular formula is C26H31ClF5N3O6S. The number of hydrogen-bond donors (Lipinski definition) is 3. The second kappa shape index (κ2) is 11.5. The van der Waals surface area contributed by atoms with Crippen molar-refractivity contribution in [1.82, 2.24) is 15.1 Å². The molecule has 0 saturated heterocycles. The Morgan fingerprint density at radius 2 is 1.86 bits per heavy atom. The number of carbonyl (C=O) groups is 1. The number of nitrogens with one attached hydrogen (secondary N) is 1. The van der Waals surface area contributed by atoms with Crippen LogP contribution in [-0.4, -0.2) is 70.8 Å². The molecule has 234 valence electrons. The van der Waals surface area contributed by atoms with Gasteiger partial charge in [0, 0.05) is 24.9 Å². The second-order valence-electron chi connectivity index (χ2n) is 11.0. The summed E-state index contributed by atoms with van der Waals surface area (Å²) in [5.74, 6) is -1.36. The number of aliphatic hydroxyl groups excluding tert-OH is 1. The van der Waals surface area contributed by atoms with E-state index in [1.165, 1.54) is 10.7 Å². The smallest absolute Gasteiger partial charge is 0.397 e. The number of carbonyl (C=O) groups excluding carboxylic acids is 1. The highest BCUT2D eigenvalue weighted by Crippen LogP contribution is 2.64. The Labute approximate surface area is 243 Å². The van der Waals surface area contributed by atoms with E-state index in [0.29, 0.717) is 0 Å². The van der Waals surface area contributed by atoms with Gasteiger partial charge in [0.1, 0.15) is 15.6 Å². The molecule has 42 heavy (non-hydrogen) atoms. The number of hydrogen-bond acceptors (Lipinski definition) is 7. The van der Waals surface area contributed by atoms with E-state index in [9.17, 15) is 45.4 Å². The number of rotatable bonds is 10. The van der Waals surface area contributed by atoms with Crippen LogP contribution >= 0.6 is 11.6 Å². The molecule has 4 rings (SSSR count). The maximum absolute atomic E-state index is 13.6. The summed E-state index contributed by atoms with van der Waals surface area (Å²) in [7, 11) is -3.27. The second-order valence-corrected chi connectivity index (χ2v) is 13.7. The number of aliphatic hydroxyl groups is 2. The van der Waals surface area contributed by atoms with Crippen molar-refractivity contribution in [2.45, 2.75) is 81.7 Å². The van der Waals surface area contributed by atoms with E-state index in [0.717, 1.165) is 18.4 Å². The fourth-order valence-corrected chi connectivity index (χ4v) is 6.81. The number of benzene rings is 1. The quantitative estimate of drug-likeness (QED) is 0.321. The summed E-state index contributed by atoms with van der Waals surface area (Å²) in [5.41, 5.74) is -4.44. The molecule has 0 radical (unpaired) electrons. The summed E-state index contributed by atoms with van der Waals surface area (Å²) in [5, 5.41) is 27.3. The zero-order valence-corrected chi connectivity index (χ0v) is 24.3. The van der Waals surface area contributed by atoms with Gasteiger partial charge in [-0.05, 0) is 63.1 Å². The maximum Gasteiger partial charge on any atom is 0.397 e. The number of amides is 1. The Morgan fingerprint density at radius 3 is 2.36 bits per heavy atom. The molecule has 0 aliphatic heterocycles. The number of aromatic nitrogens is 2. The first-order chi connectivity index (χ1) is 19.4. The summed E-state index contributed by atoms with van der Waals surface area (Å²) in [4.78, 5) is 13.0. The van der Waals surface area contributed by atoms with Crippen molar-refractivity contribution < 1.29 is 50.1 Å². The minimum absolute atomic E-state index is 0.0228. The molecule has 2 aliphatic carbocycles. The van der Waals surface area contributed by atoms with Gasteiger partial charge in [0.25, 0.3) is 5.91 Å². The Morgan fingerprint density at radius 1 is 1.24 bits per heavy atom. The highest BCUT2D eigenvalue weighted by atomic mass is 35.5. The highest BCUT2D eigenvalue weighted by molar-refractivity contribution is 7.91. The van der Waals surface area contributed by atoms with Crippen molar-refractivity contribution in [3.8, 4) is 17.0 Å². The van der Waals surface area contributed by atoms with Gasteiger partial charge in [-0.3, -0.25) is 9.48 Å². The van der Waals surface area contributed by atoms with Crippen molar-refractivity contribution in [1.29, 1.82) is 0 Å². The molecule has 1 aromatic carbocycles. The fourth-order valence-electron chi connectivity index (χ4n) is 5.40. The molecule has 1 atom stereocenters. The third kappa shape index (κ3) is 6.38. The maximum atomic E-state index is 13.6.